The van der Waals surface area contributed by atoms with Crippen LogP contribution in [0.2, 0.25) is 0 Å². The normalized spacial score (nSPS) is 30.6. The summed E-state index contributed by atoms with van der Waals surface area (Å²) in [6.45, 7) is 4.44. The van der Waals surface area contributed by atoms with Crippen LogP contribution in [0.1, 0.15) is 43.0 Å². The molecule has 2 saturated carbocycles. The topological polar surface area (TPSA) is 88.3 Å². The summed E-state index contributed by atoms with van der Waals surface area (Å²) >= 11 is 0. The number of hydrogen-bond donors (Lipinski definition) is 1. The third-order valence-corrected chi connectivity index (χ3v) is 8.45. The molecule has 5 rings (SSSR count). The second-order valence-electron chi connectivity index (χ2n) is 8.65. The minimum Gasteiger partial charge on any atom is -0.339 e. The fourth-order valence-corrected chi connectivity index (χ4v) is 6.66. The van der Waals surface area contributed by atoms with Gasteiger partial charge in [0.15, 0.2) is 5.82 Å². The molecule has 0 unspecified atom stereocenters. The third kappa shape index (κ3) is 3.27. The molecule has 7 nitrogen and oxygen atoms in total. The Balaban J connectivity index is 1.38. The molecule has 0 amide bonds. The van der Waals surface area contributed by atoms with Crippen molar-refractivity contribution in [3.63, 3.8) is 0 Å². The van der Waals surface area contributed by atoms with E-state index in [0.717, 1.165) is 45.3 Å². The van der Waals surface area contributed by atoms with E-state index in [9.17, 15) is 8.42 Å². The van der Waals surface area contributed by atoms with Crippen molar-refractivity contribution >= 4 is 10.0 Å². The molecule has 1 aromatic carbocycles. The number of hydrogen-bond acceptors (Lipinski definition) is 6. The van der Waals surface area contributed by atoms with Crippen LogP contribution in [0.5, 0.6) is 0 Å². The molecule has 3 atom stereocenters. The number of nitrogens with one attached hydrogen (secondary N) is 1. The van der Waals surface area contributed by atoms with Crippen LogP contribution >= 0.6 is 0 Å². The first-order chi connectivity index (χ1) is 13.4. The van der Waals surface area contributed by atoms with E-state index in [0.29, 0.717) is 17.6 Å². The molecule has 0 radical (unpaired) electrons. The first-order valence-corrected chi connectivity index (χ1v) is 11.6. The van der Waals surface area contributed by atoms with E-state index in [1.165, 1.54) is 5.56 Å². The number of aryl methyl sites for hydroxylation is 1. The second-order valence-corrected chi connectivity index (χ2v) is 10.6. The van der Waals surface area contributed by atoms with Gasteiger partial charge in [-0.15, -0.1) is 0 Å². The summed E-state index contributed by atoms with van der Waals surface area (Å²) in [6, 6.07) is 10.4. The third-order valence-electron chi connectivity index (χ3n) is 6.44. The van der Waals surface area contributed by atoms with E-state index < -0.39 is 10.0 Å². The number of nitrogens with zero attached hydrogens (tertiary/aromatic N) is 3. The Hall–Kier alpha value is -1.77. The number of benzene rings is 1. The van der Waals surface area contributed by atoms with Gasteiger partial charge in [0, 0.05) is 25.7 Å². The van der Waals surface area contributed by atoms with E-state index in [2.05, 4.69) is 44.0 Å². The summed E-state index contributed by atoms with van der Waals surface area (Å²) in [5.74, 6) is 1.60. The average molecular weight is 403 g/mol. The predicted octanol–water partition coefficient (Wildman–Crippen LogP) is 1.99. The molecule has 150 valence electrons. The van der Waals surface area contributed by atoms with E-state index in [-0.39, 0.29) is 16.7 Å². The first-order valence-electron chi connectivity index (χ1n) is 10.0. The highest BCUT2D eigenvalue weighted by atomic mass is 32.2. The molecule has 1 aromatic heterocycles. The summed E-state index contributed by atoms with van der Waals surface area (Å²) in [4.78, 5) is 7.00. The summed E-state index contributed by atoms with van der Waals surface area (Å²) in [7, 11) is -3.20. The van der Waals surface area contributed by atoms with Gasteiger partial charge in [-0.1, -0.05) is 35.5 Å². The van der Waals surface area contributed by atoms with Gasteiger partial charge in [0.2, 0.25) is 15.9 Å². The quantitative estimate of drug-likeness (QED) is 0.795. The molecule has 3 fully saturated rings. The molecule has 2 aromatic rings. The van der Waals surface area contributed by atoms with Gasteiger partial charge in [0.1, 0.15) is 0 Å². The van der Waals surface area contributed by atoms with Gasteiger partial charge in [-0.25, -0.2) is 13.1 Å². The fourth-order valence-electron chi connectivity index (χ4n) is 5.06. The van der Waals surface area contributed by atoms with Crippen LogP contribution < -0.4 is 4.72 Å². The lowest BCUT2D eigenvalue weighted by molar-refractivity contribution is 0.241. The van der Waals surface area contributed by atoms with Crippen LogP contribution in [0.4, 0.5) is 0 Å². The Kier molecular flexibility index (Phi) is 4.33. The first kappa shape index (κ1) is 18.3. The van der Waals surface area contributed by atoms with Crippen LogP contribution in [0.3, 0.4) is 0 Å². The fraction of sp³-hybridized carbons (Fsp3) is 0.600. The monoisotopic (exact) mass is 402 g/mol. The molecule has 8 heteroatoms. The van der Waals surface area contributed by atoms with Gasteiger partial charge >= 0.3 is 0 Å². The molecule has 2 heterocycles. The van der Waals surface area contributed by atoms with Crippen molar-refractivity contribution in [1.29, 1.82) is 0 Å². The van der Waals surface area contributed by atoms with Gasteiger partial charge in [-0.3, -0.25) is 4.90 Å². The summed E-state index contributed by atoms with van der Waals surface area (Å²) in [6.07, 6.45) is 3.10. The summed E-state index contributed by atoms with van der Waals surface area (Å²) in [5, 5.41) is 3.83. The molecule has 2 aliphatic carbocycles. The SMILES string of the molecule is Cc1noc([C@]23C[C@H](NS(=O)(=O)C4CC4)C[C@H]2CN(Cc2ccccc2)C3)n1. The van der Waals surface area contributed by atoms with Gasteiger partial charge in [-0.05, 0) is 44.1 Å². The Labute approximate surface area is 165 Å². The Morgan fingerprint density at radius 3 is 2.75 bits per heavy atom. The second kappa shape index (κ2) is 6.64. The Bertz CT molecular complexity index is 957. The van der Waals surface area contributed by atoms with Gasteiger partial charge in [0.25, 0.3) is 0 Å². The van der Waals surface area contributed by atoms with Crippen molar-refractivity contribution in [3.05, 3.63) is 47.6 Å². The van der Waals surface area contributed by atoms with Crippen LogP contribution in [0.15, 0.2) is 34.9 Å². The lowest BCUT2D eigenvalue weighted by Crippen LogP contribution is -2.39. The number of sulfonamides is 1. The minimum absolute atomic E-state index is 0.0540. The highest BCUT2D eigenvalue weighted by molar-refractivity contribution is 7.90. The molecular weight excluding hydrogens is 376 g/mol. The van der Waals surface area contributed by atoms with Gasteiger partial charge in [0.05, 0.1) is 10.7 Å². The largest absolute Gasteiger partial charge is 0.339 e. The van der Waals surface area contributed by atoms with Crippen molar-refractivity contribution in [2.24, 2.45) is 5.92 Å². The molecule has 28 heavy (non-hydrogen) atoms. The van der Waals surface area contributed by atoms with Crippen molar-refractivity contribution in [2.75, 3.05) is 13.1 Å². The number of fused-ring (bicyclic) bond motifs is 1. The minimum atomic E-state index is -3.20. The lowest BCUT2D eigenvalue weighted by Gasteiger charge is -2.25. The van der Waals surface area contributed by atoms with Crippen LogP contribution in [-0.2, 0) is 22.0 Å². The van der Waals surface area contributed by atoms with E-state index in [1.807, 2.05) is 13.0 Å². The zero-order chi connectivity index (χ0) is 19.4. The lowest BCUT2D eigenvalue weighted by atomic mass is 9.80. The van der Waals surface area contributed by atoms with Crippen LogP contribution in [0, 0.1) is 12.8 Å². The van der Waals surface area contributed by atoms with Crippen molar-refractivity contribution < 1.29 is 12.9 Å². The van der Waals surface area contributed by atoms with Crippen LogP contribution in [-0.4, -0.2) is 47.8 Å². The molecule has 0 spiro atoms. The molecule has 1 saturated heterocycles. The van der Waals surface area contributed by atoms with E-state index in [4.69, 9.17) is 4.52 Å². The maximum atomic E-state index is 12.4. The zero-order valence-corrected chi connectivity index (χ0v) is 16.9. The number of rotatable bonds is 6. The van der Waals surface area contributed by atoms with Crippen molar-refractivity contribution in [3.8, 4) is 0 Å². The molecular formula is C20H26N4O3S. The van der Waals surface area contributed by atoms with E-state index in [1.54, 1.807) is 0 Å². The molecule has 0 bridgehead atoms. The average Bonchev–Trinajstić information content (AvgIpc) is 3.24. The summed E-state index contributed by atoms with van der Waals surface area (Å²) < 4.78 is 33.5. The standard InChI is InChI=1S/C20H26N4O3S/c1-14-21-19(27-22-14)20-10-17(23-28(25,26)18-7-8-18)9-16(20)12-24(13-20)11-15-5-3-2-4-6-15/h2-6,16-18,23H,7-13H2,1H3/t16-,17+,20-/m0/s1. The predicted molar refractivity (Wildman–Crippen MR) is 104 cm³/mol. The molecule has 1 N–H and O–H groups in total. The van der Waals surface area contributed by atoms with Crippen molar-refractivity contribution in [2.45, 2.75) is 55.9 Å². The smallest absolute Gasteiger partial charge is 0.234 e. The Morgan fingerprint density at radius 2 is 2.07 bits per heavy atom. The van der Waals surface area contributed by atoms with Crippen LogP contribution in [0.25, 0.3) is 0 Å². The van der Waals surface area contributed by atoms with Gasteiger partial charge in [-0.2, -0.15) is 4.98 Å². The molecule has 1 aliphatic heterocycles. The maximum Gasteiger partial charge on any atom is 0.234 e. The number of aromatic nitrogens is 2. The highest BCUT2D eigenvalue weighted by Crippen LogP contribution is 2.50. The Morgan fingerprint density at radius 1 is 1.29 bits per heavy atom. The van der Waals surface area contributed by atoms with Gasteiger partial charge < -0.3 is 4.52 Å². The van der Waals surface area contributed by atoms with Crippen molar-refractivity contribution in [1.82, 2.24) is 19.8 Å². The zero-order valence-electron chi connectivity index (χ0n) is 16.0. The molecule has 3 aliphatic rings. The summed E-state index contributed by atoms with van der Waals surface area (Å²) in [5.41, 5.74) is 1.01. The highest BCUT2D eigenvalue weighted by Gasteiger charge is 2.57. The maximum absolute atomic E-state index is 12.4. The van der Waals surface area contributed by atoms with E-state index >= 15 is 0 Å². The number of likely N-dealkylation sites (tertiary alicyclic amines) is 1.